The second-order valence-electron chi connectivity index (χ2n) is 0.448. The normalized spacial score (nSPS) is 6.60. The highest BCUT2D eigenvalue weighted by Gasteiger charge is 1.77. The van der Waals surface area contributed by atoms with Crippen molar-refractivity contribution in [3.63, 3.8) is 0 Å². The molecule has 0 N–H and O–H groups in total. The lowest BCUT2D eigenvalue weighted by atomic mass is 10.9. The van der Waals surface area contributed by atoms with E-state index in [0.29, 0.717) is 5.80 Å². The van der Waals surface area contributed by atoms with E-state index < -0.39 is 6.04 Å². The second kappa shape index (κ2) is 2.04. The van der Waals surface area contributed by atoms with Gasteiger partial charge >= 0.3 is 6.04 Å². The lowest BCUT2D eigenvalue weighted by Crippen LogP contribution is -1.79. The summed E-state index contributed by atoms with van der Waals surface area (Å²) in [6.07, 6.45) is 0. The van der Waals surface area contributed by atoms with Crippen molar-refractivity contribution >= 4 is 20.7 Å². The molecule has 0 heterocycles. The van der Waals surface area contributed by atoms with Gasteiger partial charge < -0.3 is 0 Å². The number of rotatable bonds is 1. The van der Waals surface area contributed by atoms with Crippen LogP contribution in [-0.4, -0.2) is 11.8 Å². The first kappa shape index (κ1) is 4.77. The average molecular weight is 92.0 g/mol. The lowest BCUT2D eigenvalue weighted by Gasteiger charge is -1.56. The van der Waals surface area contributed by atoms with Gasteiger partial charge in [-0.25, -0.2) is 0 Å². The Morgan fingerprint density at radius 1 is 2.00 bits per heavy atom. The van der Waals surface area contributed by atoms with Crippen LogP contribution in [0.1, 0.15) is 0 Å². The zero-order valence-electron chi connectivity index (χ0n) is 2.36. The molecule has 0 fully saturated rings. The van der Waals surface area contributed by atoms with Crippen molar-refractivity contribution in [2.45, 2.75) is 0 Å². The molecule has 0 aliphatic heterocycles. The van der Waals surface area contributed by atoms with Crippen molar-refractivity contribution in [2.24, 2.45) is 0 Å². The molecule has 0 amide bonds. The fraction of sp³-hybridized carbons (Fsp3) is 0. The van der Waals surface area contributed by atoms with E-state index in [-0.39, 0.29) is 0 Å². The Kier molecular flexibility index (Phi) is 1.94. The zero-order valence-corrected chi connectivity index (χ0v) is 3.36. The van der Waals surface area contributed by atoms with Gasteiger partial charge in [0, 0.05) is 5.80 Å². The maximum absolute atomic E-state index is 10.7. The van der Waals surface area contributed by atoms with Crippen LogP contribution < -0.4 is 0 Å². The summed E-state index contributed by atoms with van der Waals surface area (Å²) in [7, 11) is 2.51. The minimum Gasteiger partial charge on any atom is -0.256 e. The molecule has 0 saturated carbocycles. The van der Waals surface area contributed by atoms with Gasteiger partial charge in [-0.2, -0.15) is 4.39 Å². The zero-order chi connectivity index (χ0) is 4.28. The van der Waals surface area contributed by atoms with Gasteiger partial charge in [0.25, 0.3) is 0 Å². The third kappa shape index (κ3) is 3.77. The number of carbonyl (C=O) groups is 1. The summed E-state index contributed by atoms with van der Waals surface area (Å²) in [4.78, 5) is 9.04. The molecule has 0 radical (unpaired) electrons. The largest absolute Gasteiger partial charge is 0.328 e. The van der Waals surface area contributed by atoms with Crippen LogP contribution in [0.4, 0.5) is 4.39 Å². The predicted molar refractivity (Wildman–Crippen MR) is 20.5 cm³/mol. The predicted octanol–water partition coefficient (Wildman–Crippen LogP) is 0.428. The van der Waals surface area contributed by atoms with E-state index in [0.717, 1.165) is 0 Å². The van der Waals surface area contributed by atoms with Gasteiger partial charge in [-0.3, -0.25) is 4.79 Å². The third-order valence-corrected chi connectivity index (χ3v) is 0.340. The van der Waals surface area contributed by atoms with E-state index in [1.165, 1.54) is 0 Å². The van der Waals surface area contributed by atoms with Crippen molar-refractivity contribution in [1.29, 1.82) is 0 Å². The maximum Gasteiger partial charge on any atom is 0.328 e. The van der Waals surface area contributed by atoms with E-state index in [4.69, 9.17) is 4.79 Å². The Bertz CT molecular complexity index is 60.7. The summed E-state index contributed by atoms with van der Waals surface area (Å²) in [6, 6.07) is -1.46. The molecule has 0 unspecified atom stereocenters. The molecular weight excluding hydrogens is 90.0 g/mol. The van der Waals surface area contributed by atoms with Gasteiger partial charge in [-0.05, 0) is 0 Å². The molecule has 0 saturated heterocycles. The van der Waals surface area contributed by atoms with Crippen LogP contribution in [0.25, 0.3) is 0 Å². The molecule has 1 nitrogen and oxygen atoms in total. The van der Waals surface area contributed by atoms with Gasteiger partial charge in [0.2, 0.25) is 0 Å². The van der Waals surface area contributed by atoms with Crippen molar-refractivity contribution in [1.82, 2.24) is 0 Å². The average Bonchev–Trinajstić information content (AvgIpc) is 1.38. The highest BCUT2D eigenvalue weighted by atomic mass is 31.0. The summed E-state index contributed by atoms with van der Waals surface area (Å²) in [5.41, 5.74) is 0. The van der Waals surface area contributed by atoms with Crippen LogP contribution in [0.2, 0.25) is 0 Å². The molecule has 28 valence electrons. The minimum absolute atomic E-state index is 0.667. The Hall–Kier alpha value is -0.230. The Morgan fingerprint density at radius 2 is 2.20 bits per heavy atom. The third-order valence-electron chi connectivity index (χ3n) is 0.113. The monoisotopic (exact) mass is 92.0 g/mol. The highest BCUT2D eigenvalue weighted by Crippen LogP contribution is 1.63. The number of halogens is 1. The summed E-state index contributed by atoms with van der Waals surface area (Å²) in [5.74, 6) is 0.667. The fourth-order valence-electron chi connectivity index (χ4n) is 0. The summed E-state index contributed by atoms with van der Waals surface area (Å²) >= 11 is 0. The summed E-state index contributed by atoms with van der Waals surface area (Å²) in [6.45, 7) is 0. The van der Waals surface area contributed by atoms with Crippen LogP contribution in [0.5, 0.6) is 0 Å². The smallest absolute Gasteiger partial charge is 0.256 e. The molecule has 0 aliphatic carbocycles. The van der Waals surface area contributed by atoms with E-state index in [2.05, 4.69) is 8.86 Å². The van der Waals surface area contributed by atoms with E-state index in [1.807, 2.05) is 0 Å². The number of hydrogen-bond donors (Lipinski definition) is 0. The molecule has 3 heteroatoms. The molecule has 0 atom stereocenters. The van der Waals surface area contributed by atoms with E-state index >= 15 is 0 Å². The van der Waals surface area contributed by atoms with Gasteiger partial charge in [-0.15, -0.1) is 8.86 Å². The first-order valence-corrected chi connectivity index (χ1v) is 1.55. The Labute approximate surface area is 31.0 Å². The van der Waals surface area contributed by atoms with Crippen LogP contribution in [0.15, 0.2) is 0 Å². The summed E-state index contributed by atoms with van der Waals surface area (Å²) in [5, 5.41) is 0. The lowest BCUT2D eigenvalue weighted by molar-refractivity contribution is -0.121. The molecular formula is C2H2FOP. The highest BCUT2D eigenvalue weighted by molar-refractivity contribution is 7.21. The molecule has 0 aliphatic rings. The Morgan fingerprint density at radius 3 is 2.20 bits per heavy atom. The molecule has 0 bridgehead atoms. The topological polar surface area (TPSA) is 17.1 Å². The van der Waals surface area contributed by atoms with Gasteiger partial charge in [-0.1, -0.05) is 0 Å². The first-order valence-electron chi connectivity index (χ1n) is 0.970. The molecule has 0 spiro atoms. The molecule has 5 heavy (non-hydrogen) atoms. The Balaban J connectivity index is 3.20. The molecule has 0 aromatic rings. The van der Waals surface area contributed by atoms with E-state index in [9.17, 15) is 4.39 Å². The van der Waals surface area contributed by atoms with Crippen molar-refractivity contribution in [3.05, 3.63) is 0 Å². The molecule has 0 rings (SSSR count). The van der Waals surface area contributed by atoms with Crippen LogP contribution in [-0.2, 0) is 4.79 Å². The molecule has 0 aromatic carbocycles. The quantitative estimate of drug-likeness (QED) is 0.338. The van der Waals surface area contributed by atoms with Crippen LogP contribution in [0.3, 0.4) is 0 Å². The van der Waals surface area contributed by atoms with Gasteiger partial charge in [0.05, 0.1) is 0 Å². The minimum atomic E-state index is -1.46. The van der Waals surface area contributed by atoms with Crippen LogP contribution >= 0.6 is 8.86 Å². The van der Waals surface area contributed by atoms with Gasteiger partial charge in [0.1, 0.15) is 0 Å². The standard InChI is InChI=1S/C2H2FOP/c3-2(4)1-5/h1,5H. The van der Waals surface area contributed by atoms with Crippen molar-refractivity contribution < 1.29 is 9.18 Å². The van der Waals surface area contributed by atoms with E-state index in [1.54, 1.807) is 0 Å². The van der Waals surface area contributed by atoms with Crippen molar-refractivity contribution in [2.75, 3.05) is 0 Å². The SMILES string of the molecule is O=C(F)C=P. The first-order chi connectivity index (χ1) is 2.27. The number of carbonyl (C=O) groups excluding carboxylic acids is 1. The maximum atomic E-state index is 10.7. The number of hydrogen-bond acceptors (Lipinski definition) is 1. The van der Waals surface area contributed by atoms with Crippen LogP contribution in [0, 0.1) is 0 Å². The second-order valence-corrected chi connectivity index (χ2v) is 0.737. The summed E-state index contributed by atoms with van der Waals surface area (Å²) < 4.78 is 10.7. The van der Waals surface area contributed by atoms with Crippen molar-refractivity contribution in [3.8, 4) is 0 Å². The fourth-order valence-corrected chi connectivity index (χ4v) is 0. The van der Waals surface area contributed by atoms with Gasteiger partial charge in [0.15, 0.2) is 0 Å². The molecule has 0 aromatic heterocycles.